The molecule has 1 saturated carbocycles. The summed E-state index contributed by atoms with van der Waals surface area (Å²) in [4.78, 5) is 13.2. The number of hydrogen-bond acceptors (Lipinski definition) is 4. The van der Waals surface area contributed by atoms with Crippen LogP contribution in [0.15, 0.2) is 16.5 Å². The summed E-state index contributed by atoms with van der Waals surface area (Å²) < 4.78 is 5.37. The van der Waals surface area contributed by atoms with Crippen LogP contribution < -0.4 is 5.73 Å². The molecule has 1 aromatic rings. The molecule has 1 heterocycles. The molecule has 0 atom stereocenters. The second kappa shape index (κ2) is 6.90. The van der Waals surface area contributed by atoms with Crippen LogP contribution in [0.3, 0.4) is 0 Å². The third-order valence-corrected chi connectivity index (χ3v) is 4.00. The van der Waals surface area contributed by atoms with E-state index in [2.05, 4.69) is 11.8 Å². The zero-order valence-electron chi connectivity index (χ0n) is 12.0. The highest BCUT2D eigenvalue weighted by Gasteiger charge is 2.24. The maximum Gasteiger partial charge on any atom is 0.371 e. The Morgan fingerprint density at radius 2 is 2.10 bits per heavy atom. The predicted molar refractivity (Wildman–Crippen MR) is 76.6 cm³/mol. The SMILES string of the molecule is CCCN(Cc1ccc(C(=O)O)o1)C1CCC(N)CC1. The van der Waals surface area contributed by atoms with Crippen molar-refractivity contribution in [2.75, 3.05) is 6.54 Å². The molecule has 1 aromatic heterocycles. The van der Waals surface area contributed by atoms with Crippen LogP contribution in [0.1, 0.15) is 55.3 Å². The van der Waals surface area contributed by atoms with Gasteiger partial charge in [-0.05, 0) is 50.8 Å². The molecule has 1 aliphatic rings. The minimum absolute atomic E-state index is 0.0158. The number of nitrogens with zero attached hydrogens (tertiary/aromatic N) is 1. The Morgan fingerprint density at radius 3 is 2.65 bits per heavy atom. The molecule has 0 aliphatic heterocycles. The number of carbonyl (C=O) groups is 1. The van der Waals surface area contributed by atoms with Crippen LogP contribution in [0.25, 0.3) is 0 Å². The Labute approximate surface area is 119 Å². The Kier molecular flexibility index (Phi) is 5.20. The molecule has 0 aromatic carbocycles. The lowest BCUT2D eigenvalue weighted by Crippen LogP contribution is -2.40. The number of carboxylic acids is 1. The number of hydrogen-bond donors (Lipinski definition) is 2. The lowest BCUT2D eigenvalue weighted by Gasteiger charge is -2.35. The Hall–Kier alpha value is -1.33. The van der Waals surface area contributed by atoms with Gasteiger partial charge in [0.25, 0.3) is 0 Å². The summed E-state index contributed by atoms with van der Waals surface area (Å²) in [7, 11) is 0. The topological polar surface area (TPSA) is 79.7 Å². The maximum atomic E-state index is 10.8. The molecule has 2 rings (SSSR count). The van der Waals surface area contributed by atoms with E-state index >= 15 is 0 Å². The van der Waals surface area contributed by atoms with Crippen LogP contribution in [-0.4, -0.2) is 34.6 Å². The van der Waals surface area contributed by atoms with Gasteiger partial charge in [0.05, 0.1) is 6.54 Å². The Balaban J connectivity index is 1.99. The van der Waals surface area contributed by atoms with Crippen LogP contribution in [0.2, 0.25) is 0 Å². The van der Waals surface area contributed by atoms with Gasteiger partial charge in [0.2, 0.25) is 5.76 Å². The molecule has 0 spiro atoms. The first-order valence-corrected chi connectivity index (χ1v) is 7.41. The van der Waals surface area contributed by atoms with E-state index in [1.807, 2.05) is 0 Å². The molecule has 5 nitrogen and oxygen atoms in total. The minimum Gasteiger partial charge on any atom is -0.475 e. The third kappa shape index (κ3) is 3.84. The van der Waals surface area contributed by atoms with Crippen molar-refractivity contribution in [1.29, 1.82) is 0 Å². The Bertz CT molecular complexity index is 436. The summed E-state index contributed by atoms with van der Waals surface area (Å²) in [5.41, 5.74) is 5.96. The average Bonchev–Trinajstić information content (AvgIpc) is 2.88. The molecular formula is C15H24N2O3. The first-order valence-electron chi connectivity index (χ1n) is 7.41. The van der Waals surface area contributed by atoms with Crippen LogP contribution in [0, 0.1) is 0 Å². The van der Waals surface area contributed by atoms with E-state index in [-0.39, 0.29) is 5.76 Å². The summed E-state index contributed by atoms with van der Waals surface area (Å²) in [5, 5.41) is 8.89. The number of carboxylic acid groups (broad SMARTS) is 1. The second-order valence-electron chi connectivity index (χ2n) is 5.61. The quantitative estimate of drug-likeness (QED) is 0.836. The standard InChI is InChI=1S/C15H24N2O3/c1-2-9-17(12-5-3-11(16)4-6-12)10-13-7-8-14(20-13)15(18)19/h7-8,11-12H,2-6,9-10,16H2,1H3,(H,18,19). The highest BCUT2D eigenvalue weighted by Crippen LogP contribution is 2.24. The number of nitrogens with two attached hydrogens (primary N) is 1. The van der Waals surface area contributed by atoms with Crippen LogP contribution in [0.5, 0.6) is 0 Å². The molecule has 112 valence electrons. The minimum atomic E-state index is -1.01. The highest BCUT2D eigenvalue weighted by atomic mass is 16.4. The van der Waals surface area contributed by atoms with Gasteiger partial charge in [0.1, 0.15) is 5.76 Å². The van der Waals surface area contributed by atoms with Crippen molar-refractivity contribution < 1.29 is 14.3 Å². The number of rotatable bonds is 6. The molecule has 5 heteroatoms. The van der Waals surface area contributed by atoms with Crippen molar-refractivity contribution in [3.05, 3.63) is 23.7 Å². The fourth-order valence-electron chi connectivity index (χ4n) is 2.92. The van der Waals surface area contributed by atoms with Crippen molar-refractivity contribution in [1.82, 2.24) is 4.90 Å². The van der Waals surface area contributed by atoms with E-state index in [1.54, 1.807) is 6.07 Å². The first-order chi connectivity index (χ1) is 9.60. The van der Waals surface area contributed by atoms with Gasteiger partial charge in [-0.1, -0.05) is 6.92 Å². The number of furan rings is 1. The average molecular weight is 280 g/mol. The summed E-state index contributed by atoms with van der Waals surface area (Å²) in [6, 6.07) is 4.17. The van der Waals surface area contributed by atoms with E-state index in [0.717, 1.165) is 44.4 Å². The van der Waals surface area contributed by atoms with Gasteiger partial charge in [-0.25, -0.2) is 4.79 Å². The van der Waals surface area contributed by atoms with Gasteiger partial charge in [-0.3, -0.25) is 4.90 Å². The lowest BCUT2D eigenvalue weighted by atomic mass is 9.90. The normalized spacial score (nSPS) is 23.1. The summed E-state index contributed by atoms with van der Waals surface area (Å²) in [6.07, 6.45) is 5.46. The van der Waals surface area contributed by atoms with E-state index in [4.69, 9.17) is 15.3 Å². The van der Waals surface area contributed by atoms with Gasteiger partial charge in [-0.2, -0.15) is 0 Å². The molecule has 0 saturated heterocycles. The summed E-state index contributed by atoms with van der Waals surface area (Å²) >= 11 is 0. The van der Waals surface area contributed by atoms with Crippen LogP contribution in [0.4, 0.5) is 0 Å². The molecule has 0 unspecified atom stereocenters. The number of aromatic carboxylic acids is 1. The molecular weight excluding hydrogens is 256 g/mol. The van der Waals surface area contributed by atoms with E-state index in [1.165, 1.54) is 6.07 Å². The van der Waals surface area contributed by atoms with Gasteiger partial charge >= 0.3 is 5.97 Å². The zero-order chi connectivity index (χ0) is 14.5. The van der Waals surface area contributed by atoms with Gasteiger partial charge in [0.15, 0.2) is 0 Å². The third-order valence-electron chi connectivity index (χ3n) is 4.00. The lowest BCUT2D eigenvalue weighted by molar-refractivity contribution is 0.0655. The fraction of sp³-hybridized carbons (Fsp3) is 0.667. The Morgan fingerprint density at radius 1 is 1.40 bits per heavy atom. The molecule has 0 amide bonds. The molecule has 1 aliphatic carbocycles. The highest BCUT2D eigenvalue weighted by molar-refractivity contribution is 5.84. The van der Waals surface area contributed by atoms with Gasteiger partial charge in [0, 0.05) is 12.1 Å². The largest absolute Gasteiger partial charge is 0.475 e. The van der Waals surface area contributed by atoms with Crippen molar-refractivity contribution in [3.8, 4) is 0 Å². The second-order valence-corrected chi connectivity index (χ2v) is 5.61. The predicted octanol–water partition coefficient (Wildman–Crippen LogP) is 2.46. The van der Waals surface area contributed by atoms with Crippen LogP contribution in [-0.2, 0) is 6.54 Å². The molecule has 0 bridgehead atoms. The smallest absolute Gasteiger partial charge is 0.371 e. The molecule has 1 fully saturated rings. The monoisotopic (exact) mass is 280 g/mol. The van der Waals surface area contributed by atoms with E-state index < -0.39 is 5.97 Å². The molecule has 0 radical (unpaired) electrons. The van der Waals surface area contributed by atoms with Crippen molar-refractivity contribution in [3.63, 3.8) is 0 Å². The van der Waals surface area contributed by atoms with Gasteiger partial charge < -0.3 is 15.3 Å². The summed E-state index contributed by atoms with van der Waals surface area (Å²) in [5.74, 6) is -0.269. The zero-order valence-corrected chi connectivity index (χ0v) is 12.0. The molecule has 3 N–H and O–H groups in total. The maximum absolute atomic E-state index is 10.8. The summed E-state index contributed by atoms with van der Waals surface area (Å²) in [6.45, 7) is 3.84. The van der Waals surface area contributed by atoms with E-state index in [9.17, 15) is 4.79 Å². The van der Waals surface area contributed by atoms with Crippen molar-refractivity contribution >= 4 is 5.97 Å². The van der Waals surface area contributed by atoms with Crippen molar-refractivity contribution in [2.24, 2.45) is 5.73 Å². The van der Waals surface area contributed by atoms with Gasteiger partial charge in [-0.15, -0.1) is 0 Å². The van der Waals surface area contributed by atoms with Crippen molar-refractivity contribution in [2.45, 2.75) is 57.7 Å². The fourth-order valence-corrected chi connectivity index (χ4v) is 2.92. The first kappa shape index (κ1) is 15.1. The molecule has 20 heavy (non-hydrogen) atoms. The van der Waals surface area contributed by atoms with E-state index in [0.29, 0.717) is 18.6 Å². The van der Waals surface area contributed by atoms with Crippen LogP contribution >= 0.6 is 0 Å².